The quantitative estimate of drug-likeness (QED) is 0.753. The Morgan fingerprint density at radius 3 is 2.48 bits per heavy atom. The first-order valence-electron chi connectivity index (χ1n) is 8.04. The first-order valence-corrected chi connectivity index (χ1v) is 8.04. The zero-order chi connectivity index (χ0) is 16.2. The zero-order valence-electron chi connectivity index (χ0n) is 13.5. The van der Waals surface area contributed by atoms with E-state index in [9.17, 15) is 4.79 Å². The molecule has 0 aliphatic carbocycles. The van der Waals surface area contributed by atoms with Gasteiger partial charge in [-0.2, -0.15) is 0 Å². The molecule has 0 radical (unpaired) electrons. The number of aromatic amines is 1. The monoisotopic (exact) mass is 306 g/mol. The van der Waals surface area contributed by atoms with Crippen LogP contribution < -0.4 is 10.9 Å². The van der Waals surface area contributed by atoms with E-state index in [1.807, 2.05) is 36.4 Å². The van der Waals surface area contributed by atoms with Crippen molar-refractivity contribution in [2.45, 2.75) is 32.4 Å². The summed E-state index contributed by atoms with van der Waals surface area (Å²) in [6.07, 6.45) is 0. The Morgan fingerprint density at radius 2 is 1.70 bits per heavy atom. The van der Waals surface area contributed by atoms with Gasteiger partial charge in [0.1, 0.15) is 0 Å². The molecule has 3 nitrogen and oxygen atoms in total. The standard InChI is InChI=1S/C20H22N2O/c1-14(16-8-4-3-5-9-16)15(2)21-13-18-12-17-10-6-7-11-19(17)22-20(18)23/h3-12,14-15,21H,13H2,1-2H3,(H,22,23)/t14-,15+/m0/s1. The molecule has 0 saturated heterocycles. The number of pyridine rings is 1. The van der Waals surface area contributed by atoms with Crippen LogP contribution in [0.4, 0.5) is 0 Å². The normalized spacial score (nSPS) is 13.8. The van der Waals surface area contributed by atoms with Gasteiger partial charge in [0.25, 0.3) is 5.56 Å². The molecule has 0 aliphatic rings. The highest BCUT2D eigenvalue weighted by Crippen LogP contribution is 2.19. The molecule has 0 saturated carbocycles. The molecular formula is C20H22N2O. The van der Waals surface area contributed by atoms with Crippen molar-refractivity contribution in [2.24, 2.45) is 0 Å². The van der Waals surface area contributed by atoms with E-state index in [4.69, 9.17) is 0 Å². The Hall–Kier alpha value is -2.39. The summed E-state index contributed by atoms with van der Waals surface area (Å²) in [4.78, 5) is 15.1. The number of H-pyrrole nitrogens is 1. The van der Waals surface area contributed by atoms with Crippen LogP contribution in [0.15, 0.2) is 65.5 Å². The van der Waals surface area contributed by atoms with Crippen molar-refractivity contribution in [3.05, 3.63) is 82.1 Å². The van der Waals surface area contributed by atoms with Crippen molar-refractivity contribution in [1.29, 1.82) is 0 Å². The number of hydrogen-bond donors (Lipinski definition) is 2. The van der Waals surface area contributed by atoms with Crippen molar-refractivity contribution in [1.82, 2.24) is 10.3 Å². The number of fused-ring (bicyclic) bond motifs is 1. The molecule has 0 amide bonds. The molecule has 2 aromatic carbocycles. The summed E-state index contributed by atoms with van der Waals surface area (Å²) in [7, 11) is 0. The maximum Gasteiger partial charge on any atom is 0.252 e. The van der Waals surface area contributed by atoms with Crippen LogP contribution in [0.2, 0.25) is 0 Å². The van der Waals surface area contributed by atoms with E-state index >= 15 is 0 Å². The molecule has 2 N–H and O–H groups in total. The van der Waals surface area contributed by atoms with Crippen LogP contribution in [-0.2, 0) is 6.54 Å². The average molecular weight is 306 g/mol. The number of para-hydroxylation sites is 1. The van der Waals surface area contributed by atoms with Gasteiger partial charge in [-0.3, -0.25) is 4.79 Å². The Labute approximate surface area is 136 Å². The second-order valence-electron chi connectivity index (χ2n) is 6.08. The molecule has 3 heteroatoms. The van der Waals surface area contributed by atoms with E-state index in [1.54, 1.807) is 0 Å². The third kappa shape index (κ3) is 3.51. The van der Waals surface area contributed by atoms with Crippen molar-refractivity contribution in [3.8, 4) is 0 Å². The molecule has 0 bridgehead atoms. The predicted octanol–water partition coefficient (Wildman–Crippen LogP) is 3.81. The zero-order valence-corrected chi connectivity index (χ0v) is 13.5. The number of aromatic nitrogens is 1. The number of hydrogen-bond acceptors (Lipinski definition) is 2. The molecule has 0 fully saturated rings. The summed E-state index contributed by atoms with van der Waals surface area (Å²) in [5.41, 5.74) is 2.94. The molecular weight excluding hydrogens is 284 g/mol. The lowest BCUT2D eigenvalue weighted by Gasteiger charge is -2.21. The molecule has 3 rings (SSSR count). The molecule has 0 unspecified atom stereocenters. The van der Waals surface area contributed by atoms with Gasteiger partial charge in [0.05, 0.1) is 0 Å². The lowest BCUT2D eigenvalue weighted by molar-refractivity contribution is 0.479. The minimum atomic E-state index is -0.0178. The molecule has 3 aromatic rings. The Kier molecular flexibility index (Phi) is 4.58. The van der Waals surface area contributed by atoms with Gasteiger partial charge < -0.3 is 10.3 Å². The minimum Gasteiger partial charge on any atom is -0.322 e. The van der Waals surface area contributed by atoms with E-state index in [-0.39, 0.29) is 11.6 Å². The summed E-state index contributed by atoms with van der Waals surface area (Å²) < 4.78 is 0. The van der Waals surface area contributed by atoms with Gasteiger partial charge in [-0.15, -0.1) is 0 Å². The van der Waals surface area contributed by atoms with Crippen LogP contribution in [0.5, 0.6) is 0 Å². The summed E-state index contributed by atoms with van der Waals surface area (Å²) in [6.45, 7) is 4.93. The molecule has 0 spiro atoms. The van der Waals surface area contributed by atoms with Crippen molar-refractivity contribution in [3.63, 3.8) is 0 Å². The van der Waals surface area contributed by atoms with Crippen molar-refractivity contribution < 1.29 is 0 Å². The number of benzene rings is 2. The molecule has 1 aromatic heterocycles. The second-order valence-corrected chi connectivity index (χ2v) is 6.08. The first-order chi connectivity index (χ1) is 11.1. The average Bonchev–Trinajstić information content (AvgIpc) is 2.59. The maximum atomic E-state index is 12.2. The largest absolute Gasteiger partial charge is 0.322 e. The van der Waals surface area contributed by atoms with Gasteiger partial charge in [0.15, 0.2) is 0 Å². The van der Waals surface area contributed by atoms with E-state index in [1.165, 1.54) is 5.56 Å². The molecule has 0 aliphatic heterocycles. The molecule has 23 heavy (non-hydrogen) atoms. The van der Waals surface area contributed by atoms with Crippen molar-refractivity contribution >= 4 is 10.9 Å². The van der Waals surface area contributed by atoms with E-state index in [2.05, 4.69) is 48.4 Å². The third-order valence-electron chi connectivity index (χ3n) is 4.52. The lowest BCUT2D eigenvalue weighted by Crippen LogP contribution is -2.32. The van der Waals surface area contributed by atoms with E-state index in [0.717, 1.165) is 16.5 Å². The third-order valence-corrected chi connectivity index (χ3v) is 4.52. The first kappa shape index (κ1) is 15.5. The number of nitrogens with one attached hydrogen (secondary N) is 2. The van der Waals surface area contributed by atoms with Crippen LogP contribution in [0.25, 0.3) is 10.9 Å². The van der Waals surface area contributed by atoms with E-state index < -0.39 is 0 Å². The number of rotatable bonds is 5. The van der Waals surface area contributed by atoms with Crippen LogP contribution >= 0.6 is 0 Å². The topological polar surface area (TPSA) is 44.9 Å². The van der Waals surface area contributed by atoms with E-state index in [0.29, 0.717) is 12.5 Å². The van der Waals surface area contributed by atoms with Crippen LogP contribution in [0.1, 0.15) is 30.9 Å². The summed E-state index contributed by atoms with van der Waals surface area (Å²) in [6, 6.07) is 20.6. The highest BCUT2D eigenvalue weighted by atomic mass is 16.1. The fraction of sp³-hybridized carbons (Fsp3) is 0.250. The van der Waals surface area contributed by atoms with Crippen LogP contribution in [-0.4, -0.2) is 11.0 Å². The summed E-state index contributed by atoms with van der Waals surface area (Å²) >= 11 is 0. The van der Waals surface area contributed by atoms with Crippen molar-refractivity contribution in [2.75, 3.05) is 0 Å². The highest BCUT2D eigenvalue weighted by molar-refractivity contribution is 5.78. The molecule has 118 valence electrons. The highest BCUT2D eigenvalue weighted by Gasteiger charge is 2.14. The Balaban J connectivity index is 1.73. The fourth-order valence-electron chi connectivity index (χ4n) is 2.82. The predicted molar refractivity (Wildman–Crippen MR) is 95.7 cm³/mol. The second kappa shape index (κ2) is 6.80. The molecule has 2 atom stereocenters. The summed E-state index contributed by atoms with van der Waals surface area (Å²) in [5, 5.41) is 4.55. The lowest BCUT2D eigenvalue weighted by atomic mass is 9.94. The Morgan fingerprint density at radius 1 is 1.00 bits per heavy atom. The van der Waals surface area contributed by atoms with Gasteiger partial charge >= 0.3 is 0 Å². The molecule has 1 heterocycles. The Bertz CT molecular complexity index is 839. The minimum absolute atomic E-state index is 0.0178. The van der Waals surface area contributed by atoms with Gasteiger partial charge in [-0.25, -0.2) is 0 Å². The van der Waals surface area contributed by atoms with Gasteiger partial charge in [0, 0.05) is 23.7 Å². The summed E-state index contributed by atoms with van der Waals surface area (Å²) in [5.74, 6) is 0.385. The van der Waals surface area contributed by atoms with Crippen LogP contribution in [0.3, 0.4) is 0 Å². The maximum absolute atomic E-state index is 12.2. The SMILES string of the molecule is C[C@H](c1ccccc1)[C@@H](C)NCc1cc2ccccc2[nH]c1=O. The van der Waals surface area contributed by atoms with Gasteiger partial charge in [0.2, 0.25) is 0 Å². The van der Waals surface area contributed by atoms with Crippen LogP contribution in [0, 0.1) is 0 Å². The smallest absolute Gasteiger partial charge is 0.252 e. The van der Waals surface area contributed by atoms with Gasteiger partial charge in [-0.05, 0) is 35.9 Å². The fourth-order valence-corrected chi connectivity index (χ4v) is 2.82. The van der Waals surface area contributed by atoms with Gasteiger partial charge in [-0.1, -0.05) is 55.5 Å².